The first-order valence-corrected chi connectivity index (χ1v) is 14.7. The van der Waals surface area contributed by atoms with Gasteiger partial charge >= 0.3 is 0 Å². The van der Waals surface area contributed by atoms with E-state index < -0.39 is 70.1 Å². The number of hydrogen-bond acceptors (Lipinski definition) is 9. The fourth-order valence-corrected chi connectivity index (χ4v) is 6.86. The van der Waals surface area contributed by atoms with Gasteiger partial charge in [0.2, 0.25) is 11.8 Å². The number of fused-ring (bicyclic) bond motifs is 3. The van der Waals surface area contributed by atoms with Crippen LogP contribution >= 0.6 is 0 Å². The molecule has 3 aliphatic rings. The summed E-state index contributed by atoms with van der Waals surface area (Å²) in [5.41, 5.74) is 4.36. The maximum Gasteiger partial charge on any atom is 0.235 e. The number of ketones is 4. The van der Waals surface area contributed by atoms with E-state index in [4.69, 9.17) is 10.5 Å². The Hall–Kier alpha value is -4.38. The Morgan fingerprint density at radius 2 is 1.77 bits per heavy atom. The highest BCUT2D eigenvalue weighted by atomic mass is 16.5. The SMILES string of the molecule is CCOc1ccc(-c2ccc(O)c3c2C[C@H]2C[C@H]4CC(=O)C(C(N)=O)C(=O)[C@@]4(O)C(=O)C2C3=O)cc1CNC(=O)C(C)(C)C. The molecule has 11 heteroatoms. The number of ether oxygens (including phenoxy) is 1. The number of carbonyl (C=O) groups is 6. The minimum Gasteiger partial charge on any atom is -0.507 e. The molecule has 5 N–H and O–H groups in total. The predicted molar refractivity (Wildman–Crippen MR) is 156 cm³/mol. The molecule has 44 heavy (non-hydrogen) atoms. The highest BCUT2D eigenvalue weighted by Crippen LogP contribution is 2.51. The second-order valence-corrected chi connectivity index (χ2v) is 12.9. The quantitative estimate of drug-likeness (QED) is 0.358. The number of nitrogens with two attached hydrogens (primary N) is 1. The van der Waals surface area contributed by atoms with Crippen LogP contribution in [0.2, 0.25) is 0 Å². The molecule has 2 saturated carbocycles. The summed E-state index contributed by atoms with van der Waals surface area (Å²) in [5.74, 6) is -10.2. The number of aliphatic hydroxyl groups is 1. The summed E-state index contributed by atoms with van der Waals surface area (Å²) in [6.07, 6.45) is -0.247. The molecule has 0 heterocycles. The lowest BCUT2D eigenvalue weighted by Gasteiger charge is -2.48. The lowest BCUT2D eigenvalue weighted by molar-refractivity contribution is -0.175. The molecule has 0 aliphatic heterocycles. The zero-order valence-corrected chi connectivity index (χ0v) is 25.1. The molecule has 3 aliphatic carbocycles. The van der Waals surface area contributed by atoms with Crippen LogP contribution in [0.5, 0.6) is 11.5 Å². The van der Waals surface area contributed by atoms with Crippen molar-refractivity contribution < 1.29 is 43.7 Å². The molecule has 11 nitrogen and oxygen atoms in total. The standard InChI is InChI=1S/C33H36N2O9/c1-5-44-23-9-6-15(10-17(23)14-35-31(42)32(2,3)4)19-7-8-21(36)25-20(19)12-16-11-18-13-22(37)26(30(34)41)29(40)33(18,43)28(39)24(16)27(25)38/h6-10,16,18,24,26,36,43H,5,11-14H2,1-4H3,(H2,34,41)(H,35,42)/t16-,18+,24?,26?,33+/m1/s1. The highest BCUT2D eigenvalue weighted by Gasteiger charge is 2.66. The fourth-order valence-electron chi connectivity index (χ4n) is 6.86. The van der Waals surface area contributed by atoms with E-state index >= 15 is 0 Å². The second kappa shape index (κ2) is 11.0. The number of carbonyl (C=O) groups excluding carboxylic acids is 6. The molecule has 2 amide bonds. The van der Waals surface area contributed by atoms with Crippen LogP contribution in [0.1, 0.15) is 62.0 Å². The van der Waals surface area contributed by atoms with Crippen molar-refractivity contribution >= 4 is 34.9 Å². The van der Waals surface area contributed by atoms with Crippen LogP contribution < -0.4 is 15.8 Å². The van der Waals surface area contributed by atoms with Gasteiger partial charge in [-0.25, -0.2) is 0 Å². The van der Waals surface area contributed by atoms with Crippen LogP contribution in [-0.2, 0) is 36.9 Å². The molecule has 0 radical (unpaired) electrons. The van der Waals surface area contributed by atoms with Gasteiger partial charge < -0.3 is 26.0 Å². The number of rotatable bonds is 6. The smallest absolute Gasteiger partial charge is 0.235 e. The summed E-state index contributed by atoms with van der Waals surface area (Å²) in [6.45, 7) is 7.85. The number of primary amides is 1. The Labute approximate surface area is 254 Å². The summed E-state index contributed by atoms with van der Waals surface area (Å²) in [5, 5.41) is 25.2. The molecular weight excluding hydrogens is 568 g/mol. The Balaban J connectivity index is 1.55. The van der Waals surface area contributed by atoms with E-state index in [1.54, 1.807) is 39.0 Å². The van der Waals surface area contributed by atoms with E-state index in [1.165, 1.54) is 6.07 Å². The number of Topliss-reactive ketones (excluding diaryl/α,β-unsaturated/α-hetero) is 4. The number of aromatic hydroxyl groups is 1. The first kappa shape index (κ1) is 31.1. The van der Waals surface area contributed by atoms with Gasteiger partial charge in [-0.3, -0.25) is 28.8 Å². The topological polar surface area (TPSA) is 190 Å². The van der Waals surface area contributed by atoms with Crippen molar-refractivity contribution in [3.05, 3.63) is 47.0 Å². The van der Waals surface area contributed by atoms with Crippen LogP contribution in [0.3, 0.4) is 0 Å². The van der Waals surface area contributed by atoms with Crippen LogP contribution in [0, 0.1) is 29.1 Å². The molecule has 2 fully saturated rings. The molecule has 5 rings (SSSR count). The second-order valence-electron chi connectivity index (χ2n) is 12.9. The van der Waals surface area contributed by atoms with Crippen LogP contribution in [0.4, 0.5) is 0 Å². The Morgan fingerprint density at radius 1 is 1.07 bits per heavy atom. The van der Waals surface area contributed by atoms with Gasteiger partial charge in [-0.15, -0.1) is 0 Å². The molecule has 0 saturated heterocycles. The maximum atomic E-state index is 13.9. The first-order valence-electron chi connectivity index (χ1n) is 14.7. The summed E-state index contributed by atoms with van der Waals surface area (Å²) in [6, 6.07) is 8.42. The average Bonchev–Trinajstić information content (AvgIpc) is 2.94. The zero-order chi connectivity index (χ0) is 32.3. The van der Waals surface area contributed by atoms with Crippen molar-refractivity contribution in [1.29, 1.82) is 0 Å². The fraction of sp³-hybridized carbons (Fsp3) is 0.455. The van der Waals surface area contributed by atoms with Crippen molar-refractivity contribution in [2.24, 2.45) is 34.8 Å². The minimum atomic E-state index is -2.70. The van der Waals surface area contributed by atoms with Gasteiger partial charge in [-0.2, -0.15) is 0 Å². The van der Waals surface area contributed by atoms with E-state index in [9.17, 15) is 39.0 Å². The van der Waals surface area contributed by atoms with Gasteiger partial charge in [0.15, 0.2) is 34.7 Å². The Bertz CT molecular complexity index is 1620. The number of hydrogen-bond donors (Lipinski definition) is 4. The maximum absolute atomic E-state index is 13.9. The van der Waals surface area contributed by atoms with Crippen molar-refractivity contribution in [2.75, 3.05) is 6.61 Å². The summed E-state index contributed by atoms with van der Waals surface area (Å²) in [4.78, 5) is 77.9. The Kier molecular flexibility index (Phi) is 7.74. The molecule has 0 aromatic heterocycles. The van der Waals surface area contributed by atoms with Gasteiger partial charge in [0, 0.05) is 29.9 Å². The van der Waals surface area contributed by atoms with Gasteiger partial charge in [-0.05, 0) is 60.6 Å². The number of phenols is 1. The normalized spacial score (nSPS) is 26.4. The number of phenolic OH excluding ortho intramolecular Hbond substituents is 1. The van der Waals surface area contributed by atoms with Crippen LogP contribution in [-0.4, -0.2) is 57.4 Å². The number of benzene rings is 2. The number of nitrogens with one attached hydrogen (secondary N) is 1. The van der Waals surface area contributed by atoms with Crippen LogP contribution in [0.15, 0.2) is 30.3 Å². The van der Waals surface area contributed by atoms with E-state index in [2.05, 4.69) is 5.32 Å². The van der Waals surface area contributed by atoms with Gasteiger partial charge in [0.25, 0.3) is 0 Å². The third-order valence-corrected chi connectivity index (χ3v) is 9.08. The van der Waals surface area contributed by atoms with Crippen molar-refractivity contribution in [1.82, 2.24) is 5.32 Å². The van der Waals surface area contributed by atoms with Crippen molar-refractivity contribution in [3.63, 3.8) is 0 Å². The Morgan fingerprint density at radius 3 is 2.41 bits per heavy atom. The van der Waals surface area contributed by atoms with Gasteiger partial charge in [0.1, 0.15) is 11.5 Å². The summed E-state index contributed by atoms with van der Waals surface area (Å²) < 4.78 is 5.79. The number of amides is 2. The molecule has 2 aromatic carbocycles. The lowest BCUT2D eigenvalue weighted by atomic mass is 9.53. The molecular formula is C33H36N2O9. The van der Waals surface area contributed by atoms with E-state index in [1.807, 2.05) is 13.0 Å². The van der Waals surface area contributed by atoms with Crippen molar-refractivity contribution in [3.8, 4) is 22.6 Å². The van der Waals surface area contributed by atoms with Crippen molar-refractivity contribution in [2.45, 2.75) is 59.1 Å². The molecule has 0 spiro atoms. The molecule has 2 aromatic rings. The zero-order valence-electron chi connectivity index (χ0n) is 25.1. The lowest BCUT2D eigenvalue weighted by Crippen LogP contribution is -2.68. The van der Waals surface area contributed by atoms with E-state index in [0.29, 0.717) is 34.6 Å². The largest absolute Gasteiger partial charge is 0.507 e. The summed E-state index contributed by atoms with van der Waals surface area (Å²) >= 11 is 0. The third kappa shape index (κ3) is 4.89. The average molecular weight is 605 g/mol. The highest BCUT2D eigenvalue weighted by molar-refractivity contribution is 6.31. The van der Waals surface area contributed by atoms with Gasteiger partial charge in [0.05, 0.1) is 18.1 Å². The van der Waals surface area contributed by atoms with E-state index in [0.717, 1.165) is 0 Å². The van der Waals surface area contributed by atoms with Gasteiger partial charge in [-0.1, -0.05) is 32.9 Å². The first-order chi connectivity index (χ1) is 20.6. The predicted octanol–water partition coefficient (Wildman–Crippen LogP) is 2.05. The summed E-state index contributed by atoms with van der Waals surface area (Å²) in [7, 11) is 0. The molecule has 5 atom stereocenters. The molecule has 232 valence electrons. The minimum absolute atomic E-state index is 0.00348. The van der Waals surface area contributed by atoms with Crippen LogP contribution in [0.25, 0.3) is 11.1 Å². The third-order valence-electron chi connectivity index (χ3n) is 9.08. The monoisotopic (exact) mass is 604 g/mol. The van der Waals surface area contributed by atoms with E-state index in [-0.39, 0.29) is 36.6 Å². The molecule has 2 unspecified atom stereocenters. The molecule has 0 bridgehead atoms.